The molecule has 0 aliphatic carbocycles. The first-order valence-corrected chi connectivity index (χ1v) is 7.25. The molecule has 0 bridgehead atoms. The summed E-state index contributed by atoms with van der Waals surface area (Å²) in [6, 6.07) is 3.00. The van der Waals surface area contributed by atoms with Crippen molar-refractivity contribution in [1.29, 1.82) is 0 Å². The second kappa shape index (κ2) is 6.73. The second-order valence-electron chi connectivity index (χ2n) is 4.12. The van der Waals surface area contributed by atoms with Gasteiger partial charge in [0, 0.05) is 17.5 Å². The molecule has 5 heteroatoms. The molecule has 1 aromatic rings. The molecule has 100 valence electrons. The molecular weight excluding hydrogens is 251 g/mol. The van der Waals surface area contributed by atoms with Gasteiger partial charge in [-0.3, -0.25) is 4.79 Å². The summed E-state index contributed by atoms with van der Waals surface area (Å²) in [5.74, 6) is -1.13. The molecular formula is C13H19FN2OS. The summed E-state index contributed by atoms with van der Waals surface area (Å²) in [5.41, 5.74) is -0.000269. The Hall–Kier alpha value is -1.10. The van der Waals surface area contributed by atoms with Gasteiger partial charge in [0.2, 0.25) is 5.95 Å². The van der Waals surface area contributed by atoms with E-state index in [-0.39, 0.29) is 10.3 Å². The Balaban J connectivity index is 2.69. The molecule has 0 aliphatic rings. The molecule has 0 fully saturated rings. The quantitative estimate of drug-likeness (QED) is 0.808. The van der Waals surface area contributed by atoms with Crippen molar-refractivity contribution in [2.45, 2.75) is 31.4 Å². The number of nitrogens with one attached hydrogen (secondary N) is 1. The molecule has 0 unspecified atom stereocenters. The minimum atomic E-state index is -0.724. The van der Waals surface area contributed by atoms with Gasteiger partial charge < -0.3 is 5.32 Å². The van der Waals surface area contributed by atoms with Crippen LogP contribution in [-0.2, 0) is 0 Å². The van der Waals surface area contributed by atoms with Gasteiger partial charge in [0.25, 0.3) is 5.91 Å². The Morgan fingerprint density at radius 1 is 1.50 bits per heavy atom. The number of rotatable bonds is 6. The predicted octanol–water partition coefficient (Wildman–Crippen LogP) is 2.87. The zero-order valence-electron chi connectivity index (χ0n) is 11.0. The number of carbonyl (C=O) groups excluding carboxylic acids is 1. The number of halogens is 1. The van der Waals surface area contributed by atoms with Gasteiger partial charge in [-0.2, -0.15) is 16.2 Å². The molecule has 18 heavy (non-hydrogen) atoms. The third-order valence-corrected chi connectivity index (χ3v) is 4.88. The smallest absolute Gasteiger partial charge is 0.255 e. The summed E-state index contributed by atoms with van der Waals surface area (Å²) in [4.78, 5) is 15.3. The van der Waals surface area contributed by atoms with Crippen molar-refractivity contribution < 1.29 is 9.18 Å². The van der Waals surface area contributed by atoms with E-state index in [0.29, 0.717) is 6.54 Å². The average Bonchev–Trinajstić information content (AvgIpc) is 2.41. The van der Waals surface area contributed by atoms with Crippen LogP contribution in [0.3, 0.4) is 0 Å². The minimum absolute atomic E-state index is 0.000269. The fourth-order valence-corrected chi connectivity index (χ4v) is 2.55. The fourth-order valence-electron chi connectivity index (χ4n) is 1.75. The third-order valence-electron chi connectivity index (χ3n) is 3.30. The Morgan fingerprint density at radius 3 is 2.67 bits per heavy atom. The van der Waals surface area contributed by atoms with Gasteiger partial charge in [0.05, 0.1) is 5.56 Å². The lowest BCUT2D eigenvalue weighted by Gasteiger charge is -2.29. The molecule has 1 aromatic heterocycles. The van der Waals surface area contributed by atoms with E-state index >= 15 is 0 Å². The van der Waals surface area contributed by atoms with Gasteiger partial charge in [-0.15, -0.1) is 0 Å². The molecule has 0 atom stereocenters. The molecule has 0 aromatic carbocycles. The Kier molecular flexibility index (Phi) is 5.59. The predicted molar refractivity (Wildman–Crippen MR) is 73.4 cm³/mol. The summed E-state index contributed by atoms with van der Waals surface area (Å²) in [6.45, 7) is 4.72. The molecule has 1 N–H and O–H groups in total. The average molecular weight is 270 g/mol. The number of pyridine rings is 1. The van der Waals surface area contributed by atoms with E-state index in [2.05, 4.69) is 24.1 Å². The first-order chi connectivity index (χ1) is 8.58. The molecule has 0 spiro atoms. The zero-order valence-corrected chi connectivity index (χ0v) is 11.8. The highest BCUT2D eigenvalue weighted by molar-refractivity contribution is 8.00. The van der Waals surface area contributed by atoms with Gasteiger partial charge in [-0.1, -0.05) is 13.8 Å². The van der Waals surface area contributed by atoms with Crippen LogP contribution in [0.2, 0.25) is 0 Å². The highest BCUT2D eigenvalue weighted by Crippen LogP contribution is 2.29. The van der Waals surface area contributed by atoms with E-state index in [9.17, 15) is 9.18 Å². The van der Waals surface area contributed by atoms with Crippen molar-refractivity contribution in [2.24, 2.45) is 0 Å². The summed E-state index contributed by atoms with van der Waals surface area (Å²) in [6.07, 6.45) is 5.28. The van der Waals surface area contributed by atoms with Crippen molar-refractivity contribution in [3.63, 3.8) is 0 Å². The van der Waals surface area contributed by atoms with Crippen LogP contribution in [0.1, 0.15) is 37.0 Å². The lowest BCUT2D eigenvalue weighted by molar-refractivity contribution is 0.0944. The maximum atomic E-state index is 13.3. The Bertz CT molecular complexity index is 399. The summed E-state index contributed by atoms with van der Waals surface area (Å²) < 4.78 is 13.4. The number of hydrogen-bond acceptors (Lipinski definition) is 3. The van der Waals surface area contributed by atoms with E-state index in [1.807, 2.05) is 6.26 Å². The zero-order chi connectivity index (χ0) is 13.6. The lowest BCUT2D eigenvalue weighted by Crippen LogP contribution is -2.39. The van der Waals surface area contributed by atoms with Crippen LogP contribution >= 0.6 is 11.8 Å². The second-order valence-corrected chi connectivity index (χ2v) is 5.39. The van der Waals surface area contributed by atoms with Crippen LogP contribution in [-0.4, -0.2) is 28.4 Å². The van der Waals surface area contributed by atoms with Crippen LogP contribution in [0.15, 0.2) is 18.3 Å². The van der Waals surface area contributed by atoms with Crippen LogP contribution in [0, 0.1) is 5.95 Å². The van der Waals surface area contributed by atoms with Gasteiger partial charge in [-0.05, 0) is 31.2 Å². The molecule has 0 saturated heterocycles. The summed E-state index contributed by atoms with van der Waals surface area (Å²) in [7, 11) is 0. The van der Waals surface area contributed by atoms with E-state index < -0.39 is 11.9 Å². The van der Waals surface area contributed by atoms with E-state index in [4.69, 9.17) is 0 Å². The summed E-state index contributed by atoms with van der Waals surface area (Å²) in [5, 5.41) is 2.79. The van der Waals surface area contributed by atoms with E-state index in [1.165, 1.54) is 12.3 Å². The normalized spacial score (nSPS) is 11.3. The molecule has 1 amide bonds. The van der Waals surface area contributed by atoms with Gasteiger partial charge in [0.15, 0.2) is 0 Å². The van der Waals surface area contributed by atoms with Crippen molar-refractivity contribution in [2.75, 3.05) is 12.8 Å². The van der Waals surface area contributed by atoms with Crippen molar-refractivity contribution in [3.8, 4) is 0 Å². The number of hydrogen-bond donors (Lipinski definition) is 1. The maximum absolute atomic E-state index is 13.3. The molecule has 1 rings (SSSR count). The van der Waals surface area contributed by atoms with Crippen molar-refractivity contribution in [3.05, 3.63) is 29.8 Å². The van der Waals surface area contributed by atoms with Gasteiger partial charge >= 0.3 is 0 Å². The monoisotopic (exact) mass is 270 g/mol. The minimum Gasteiger partial charge on any atom is -0.350 e. The Labute approximate surface area is 112 Å². The fraction of sp³-hybridized carbons (Fsp3) is 0.538. The van der Waals surface area contributed by atoms with E-state index in [0.717, 1.165) is 12.8 Å². The highest BCUT2D eigenvalue weighted by atomic mass is 32.2. The topological polar surface area (TPSA) is 42.0 Å². The third kappa shape index (κ3) is 3.45. The van der Waals surface area contributed by atoms with E-state index in [1.54, 1.807) is 17.8 Å². The van der Waals surface area contributed by atoms with Crippen LogP contribution in [0.4, 0.5) is 4.39 Å². The summed E-state index contributed by atoms with van der Waals surface area (Å²) >= 11 is 1.73. The van der Waals surface area contributed by atoms with Crippen LogP contribution < -0.4 is 5.32 Å². The van der Waals surface area contributed by atoms with Crippen LogP contribution in [0.25, 0.3) is 0 Å². The number of amides is 1. The van der Waals surface area contributed by atoms with Gasteiger partial charge in [-0.25, -0.2) is 4.98 Å². The number of nitrogens with zero attached hydrogens (tertiary/aromatic N) is 1. The van der Waals surface area contributed by atoms with Crippen molar-refractivity contribution in [1.82, 2.24) is 10.3 Å². The molecule has 0 radical (unpaired) electrons. The molecule has 0 aliphatic heterocycles. The first kappa shape index (κ1) is 15.0. The first-order valence-electron chi connectivity index (χ1n) is 6.02. The van der Waals surface area contributed by atoms with Crippen molar-refractivity contribution >= 4 is 17.7 Å². The Morgan fingerprint density at radius 2 is 2.17 bits per heavy atom. The highest BCUT2D eigenvalue weighted by Gasteiger charge is 2.26. The number of aromatic nitrogens is 1. The maximum Gasteiger partial charge on any atom is 0.255 e. The standard InChI is InChI=1S/C13H19FN2OS/c1-4-13(5-2,18-3)9-16-12(17)10-7-6-8-15-11(10)14/h6-8H,4-5,9H2,1-3H3,(H,16,17). The molecule has 1 heterocycles. The molecule has 3 nitrogen and oxygen atoms in total. The van der Waals surface area contributed by atoms with Crippen LogP contribution in [0.5, 0.6) is 0 Å². The lowest BCUT2D eigenvalue weighted by atomic mass is 10.0. The number of carbonyl (C=O) groups is 1. The van der Waals surface area contributed by atoms with Gasteiger partial charge in [0.1, 0.15) is 0 Å². The largest absolute Gasteiger partial charge is 0.350 e. The number of thioether (sulfide) groups is 1. The molecule has 0 saturated carbocycles. The SMILES string of the molecule is CCC(CC)(CNC(=O)c1cccnc1F)SC.